The summed E-state index contributed by atoms with van der Waals surface area (Å²) in [6.45, 7) is 4.06. The zero-order chi connectivity index (χ0) is 31.1. The molecule has 0 saturated heterocycles. The number of hydrogen-bond donors (Lipinski definition) is 2. The van der Waals surface area contributed by atoms with Gasteiger partial charge in [-0.3, -0.25) is 9.98 Å². The van der Waals surface area contributed by atoms with E-state index in [1.807, 2.05) is 30.5 Å². The molecule has 228 valence electrons. The molecular weight excluding hydrogens is 593 g/mol. The van der Waals surface area contributed by atoms with E-state index in [1.54, 1.807) is 31.5 Å². The van der Waals surface area contributed by atoms with Crippen molar-refractivity contribution in [3.8, 4) is 11.4 Å². The van der Waals surface area contributed by atoms with E-state index in [1.165, 1.54) is 36.0 Å². The lowest BCUT2D eigenvalue weighted by molar-refractivity contribution is 0.413. The molecule has 1 heterocycles. The van der Waals surface area contributed by atoms with E-state index in [0.717, 1.165) is 36.9 Å². The number of hydrogen-bond acceptors (Lipinski definition) is 4. The van der Waals surface area contributed by atoms with Gasteiger partial charge in [0.25, 0.3) is 0 Å². The molecule has 4 rings (SSSR count). The smallest absolute Gasteiger partial charge is 0.173 e. The Morgan fingerprint density at radius 1 is 1.00 bits per heavy atom. The number of methoxy groups -OCH3 is 1. The average molecular weight is 629 g/mol. The molecule has 10 heteroatoms. The number of nitrogens with zero attached hydrogens (tertiary/aromatic N) is 2. The lowest BCUT2D eigenvalue weighted by Crippen LogP contribution is -2.23. The monoisotopic (exact) mass is 628 g/mol. The molecule has 4 aromatic rings. The van der Waals surface area contributed by atoms with Gasteiger partial charge in [-0.2, -0.15) is 0 Å². The first-order valence-corrected chi connectivity index (χ1v) is 15.5. The van der Waals surface area contributed by atoms with Crippen molar-refractivity contribution < 1.29 is 17.9 Å². The number of aromatic nitrogens is 2. The number of imidazole rings is 1. The molecule has 0 radical (unpaired) electrons. The van der Waals surface area contributed by atoms with Gasteiger partial charge in [0.05, 0.1) is 29.9 Å². The number of benzene rings is 3. The van der Waals surface area contributed by atoms with E-state index < -0.39 is 17.0 Å². The number of amidine groups is 1. The van der Waals surface area contributed by atoms with Crippen LogP contribution in [0.1, 0.15) is 68.3 Å². The highest BCUT2D eigenvalue weighted by molar-refractivity contribution is 7.98. The summed E-state index contributed by atoms with van der Waals surface area (Å²) in [5, 5.41) is 8.29. The summed E-state index contributed by atoms with van der Waals surface area (Å²) in [5.74, 6) is -0.810. The maximum atomic E-state index is 15.1. The number of unbranched alkanes of at least 4 members (excludes halogenated alkanes) is 3. The third kappa shape index (κ3) is 7.95. The summed E-state index contributed by atoms with van der Waals surface area (Å²) < 4.78 is 51.4. The summed E-state index contributed by atoms with van der Waals surface area (Å²) in [6.07, 6.45) is 6.35. The maximum Gasteiger partial charge on any atom is 0.173 e. The number of thioether (sulfide) groups is 1. The summed E-state index contributed by atoms with van der Waals surface area (Å²) in [5.41, 5.74) is 7.77. The van der Waals surface area contributed by atoms with Crippen molar-refractivity contribution >= 4 is 29.2 Å². The first-order chi connectivity index (χ1) is 20.5. The van der Waals surface area contributed by atoms with Crippen molar-refractivity contribution in [3.05, 3.63) is 106 Å². The fraction of sp³-hybridized carbons (Fsp3) is 0.333. The van der Waals surface area contributed by atoms with Crippen LogP contribution in [0, 0.1) is 22.9 Å². The Labute approximate surface area is 260 Å². The van der Waals surface area contributed by atoms with Crippen LogP contribution in [0.4, 0.5) is 13.2 Å². The largest absolute Gasteiger partial charge is 0.495 e. The molecule has 43 heavy (non-hydrogen) atoms. The van der Waals surface area contributed by atoms with Crippen LogP contribution in [-0.4, -0.2) is 22.5 Å². The number of ether oxygens (including phenoxy) is 1. The topological polar surface area (TPSA) is 76.9 Å². The molecule has 3 aromatic carbocycles. The van der Waals surface area contributed by atoms with Gasteiger partial charge in [-0.25, -0.2) is 18.2 Å². The molecule has 0 aliphatic heterocycles. The van der Waals surface area contributed by atoms with Crippen LogP contribution in [0.25, 0.3) is 5.69 Å². The molecular formula is C33H36ClF3N4OS. The van der Waals surface area contributed by atoms with E-state index in [9.17, 15) is 4.39 Å². The molecule has 0 aliphatic carbocycles. The number of aryl methyl sites for hydroxylation is 1. The van der Waals surface area contributed by atoms with Gasteiger partial charge in [-0.05, 0) is 78.9 Å². The fourth-order valence-corrected chi connectivity index (χ4v) is 6.19. The van der Waals surface area contributed by atoms with Crippen LogP contribution in [0.5, 0.6) is 5.75 Å². The first-order valence-electron chi connectivity index (χ1n) is 14.1. The highest BCUT2D eigenvalue weighted by Gasteiger charge is 2.30. The van der Waals surface area contributed by atoms with Crippen LogP contribution in [-0.2, 0) is 17.6 Å². The Morgan fingerprint density at radius 3 is 2.33 bits per heavy atom. The minimum absolute atomic E-state index is 0.0212. The standard InChI is InChI=1S/C33H36ClF3N4OS/c1-33(2,22-10-15-26(34)29(18-22)42-3)30-19-40-32(41(30)24-13-11-23(35)12-14-24)43-20-25-27(36)16-21(17-28(25)37)8-6-4-5-7-9-31(38)39/h10-19H,4-9,20H2,1-3H3,(H3,38,39). The van der Waals surface area contributed by atoms with Crippen LogP contribution in [0.2, 0.25) is 5.02 Å². The molecule has 0 saturated carbocycles. The van der Waals surface area contributed by atoms with Crippen molar-refractivity contribution in [1.82, 2.24) is 9.55 Å². The van der Waals surface area contributed by atoms with Crippen molar-refractivity contribution in [2.75, 3.05) is 7.11 Å². The molecule has 0 fully saturated rings. The predicted octanol–water partition coefficient (Wildman–Crippen LogP) is 9.00. The SMILES string of the molecule is COc1cc(C(C)(C)c2cnc(SCc3c(F)cc(CCCCCCC(=N)N)cc3F)n2-c2ccc(F)cc2)ccc1Cl. The van der Waals surface area contributed by atoms with Gasteiger partial charge in [0.15, 0.2) is 5.16 Å². The number of nitrogens with two attached hydrogens (primary N) is 1. The molecule has 0 unspecified atom stereocenters. The molecule has 1 aromatic heterocycles. The number of nitrogens with one attached hydrogen (secondary N) is 1. The van der Waals surface area contributed by atoms with Gasteiger partial charge in [0.2, 0.25) is 0 Å². The second kappa shape index (κ2) is 14.4. The van der Waals surface area contributed by atoms with E-state index in [2.05, 4.69) is 4.98 Å². The minimum atomic E-state index is -0.595. The zero-order valence-electron chi connectivity index (χ0n) is 24.5. The average Bonchev–Trinajstić information content (AvgIpc) is 3.39. The van der Waals surface area contributed by atoms with E-state index in [4.69, 9.17) is 27.5 Å². The maximum absolute atomic E-state index is 15.1. The van der Waals surface area contributed by atoms with Gasteiger partial charge >= 0.3 is 0 Å². The molecule has 5 nitrogen and oxygen atoms in total. The summed E-state index contributed by atoms with van der Waals surface area (Å²) >= 11 is 7.48. The lowest BCUT2D eigenvalue weighted by atomic mass is 9.81. The van der Waals surface area contributed by atoms with Crippen LogP contribution in [0.15, 0.2) is 66.0 Å². The normalized spacial score (nSPS) is 11.6. The lowest BCUT2D eigenvalue weighted by Gasteiger charge is -2.28. The third-order valence-corrected chi connectivity index (χ3v) is 8.83. The number of halogens is 4. The zero-order valence-corrected chi connectivity index (χ0v) is 26.1. The second-order valence-electron chi connectivity index (χ2n) is 11.0. The van der Waals surface area contributed by atoms with E-state index in [-0.39, 0.29) is 23.0 Å². The Hall–Kier alpha value is -3.43. The van der Waals surface area contributed by atoms with Crippen LogP contribution >= 0.6 is 23.4 Å². The Bertz CT molecular complexity index is 1550. The minimum Gasteiger partial charge on any atom is -0.495 e. The Morgan fingerprint density at radius 2 is 1.67 bits per heavy atom. The van der Waals surface area contributed by atoms with Crippen molar-refractivity contribution in [3.63, 3.8) is 0 Å². The summed E-state index contributed by atoms with van der Waals surface area (Å²) in [6, 6.07) is 14.4. The third-order valence-electron chi connectivity index (χ3n) is 7.54. The molecule has 0 atom stereocenters. The first kappa shape index (κ1) is 32.5. The van der Waals surface area contributed by atoms with Crippen molar-refractivity contribution in [1.29, 1.82) is 5.41 Å². The molecule has 3 N–H and O–H groups in total. The quantitative estimate of drug-likeness (QED) is 0.0632. The highest BCUT2D eigenvalue weighted by Crippen LogP contribution is 2.39. The van der Waals surface area contributed by atoms with E-state index in [0.29, 0.717) is 40.0 Å². The predicted molar refractivity (Wildman–Crippen MR) is 168 cm³/mol. The molecule has 0 amide bonds. The van der Waals surface area contributed by atoms with Gasteiger partial charge in [-0.15, -0.1) is 0 Å². The van der Waals surface area contributed by atoms with Gasteiger partial charge in [0.1, 0.15) is 23.2 Å². The van der Waals surface area contributed by atoms with Crippen LogP contribution < -0.4 is 10.5 Å². The summed E-state index contributed by atoms with van der Waals surface area (Å²) in [4.78, 5) is 4.64. The van der Waals surface area contributed by atoms with Gasteiger partial charge in [0, 0.05) is 28.8 Å². The highest BCUT2D eigenvalue weighted by atomic mass is 35.5. The Balaban J connectivity index is 1.57. The van der Waals surface area contributed by atoms with Gasteiger partial charge in [-0.1, -0.05) is 56.1 Å². The number of rotatable bonds is 14. The molecule has 0 spiro atoms. The molecule has 0 bridgehead atoms. The van der Waals surface area contributed by atoms with Crippen molar-refractivity contribution in [2.45, 2.75) is 68.7 Å². The van der Waals surface area contributed by atoms with E-state index >= 15 is 8.78 Å². The second-order valence-corrected chi connectivity index (χ2v) is 12.3. The van der Waals surface area contributed by atoms with Gasteiger partial charge < -0.3 is 10.5 Å². The van der Waals surface area contributed by atoms with Crippen molar-refractivity contribution in [2.24, 2.45) is 5.73 Å². The molecule has 0 aliphatic rings. The summed E-state index contributed by atoms with van der Waals surface area (Å²) in [7, 11) is 1.55. The van der Waals surface area contributed by atoms with Crippen LogP contribution in [0.3, 0.4) is 0 Å². The fourth-order valence-electron chi connectivity index (χ4n) is 4.99. The Kier molecular flexibility index (Phi) is 10.8.